The maximum Gasteiger partial charge on any atom is 0.417 e. The first-order valence-electron chi connectivity index (χ1n) is 11.1. The van der Waals surface area contributed by atoms with Gasteiger partial charge in [-0.2, -0.15) is 13.2 Å². The number of halogens is 4. The Morgan fingerprint density at radius 1 is 1.09 bits per heavy atom. The first-order chi connectivity index (χ1) is 16.2. The van der Waals surface area contributed by atoms with Gasteiger partial charge < -0.3 is 9.80 Å². The maximum absolute atomic E-state index is 13.1. The normalized spacial score (nSPS) is 15.1. The zero-order valence-corrected chi connectivity index (χ0v) is 19.4. The molecule has 0 spiro atoms. The lowest BCUT2D eigenvalue weighted by atomic mass is 10.2. The summed E-state index contributed by atoms with van der Waals surface area (Å²) in [5.74, 6) is 0.0812. The number of nitrogens with zero attached hydrogens (tertiary/aromatic N) is 5. The Morgan fingerprint density at radius 2 is 1.79 bits per heavy atom. The van der Waals surface area contributed by atoms with Crippen LogP contribution in [0.25, 0.3) is 11.0 Å². The van der Waals surface area contributed by atoms with Crippen molar-refractivity contribution >= 4 is 34.4 Å². The summed E-state index contributed by atoms with van der Waals surface area (Å²) in [5, 5.41) is -0.0788. The molecule has 1 aliphatic heterocycles. The third-order valence-electron chi connectivity index (χ3n) is 5.96. The predicted molar refractivity (Wildman–Crippen MR) is 124 cm³/mol. The molecule has 4 rings (SSSR count). The average molecular weight is 496 g/mol. The predicted octanol–water partition coefficient (Wildman–Crippen LogP) is 4.02. The van der Waals surface area contributed by atoms with Gasteiger partial charge in [-0.25, -0.2) is 9.78 Å². The summed E-state index contributed by atoms with van der Waals surface area (Å²) in [6, 6.07) is 8.28. The van der Waals surface area contributed by atoms with Gasteiger partial charge in [-0.05, 0) is 31.0 Å². The molecule has 0 atom stereocenters. The third-order valence-corrected chi connectivity index (χ3v) is 6.24. The topological polar surface area (TPSA) is 63.4 Å². The molecule has 0 unspecified atom stereocenters. The molecule has 3 aromatic rings. The Kier molecular flexibility index (Phi) is 6.88. The van der Waals surface area contributed by atoms with E-state index in [1.54, 1.807) is 14.4 Å². The number of aromatic nitrogens is 3. The second kappa shape index (κ2) is 9.69. The van der Waals surface area contributed by atoms with E-state index in [-0.39, 0.29) is 29.0 Å². The van der Waals surface area contributed by atoms with Gasteiger partial charge in [0.05, 0.1) is 21.6 Å². The molecule has 1 amide bonds. The molecule has 1 fully saturated rings. The summed E-state index contributed by atoms with van der Waals surface area (Å²) in [7, 11) is 0. The van der Waals surface area contributed by atoms with E-state index in [4.69, 9.17) is 11.6 Å². The molecule has 2 aromatic heterocycles. The van der Waals surface area contributed by atoms with Crippen LogP contribution in [0.3, 0.4) is 0 Å². The van der Waals surface area contributed by atoms with Crippen LogP contribution in [-0.4, -0.2) is 51.1 Å². The summed E-state index contributed by atoms with van der Waals surface area (Å²) in [6.07, 6.45) is -2.36. The molecule has 1 aliphatic rings. The molecule has 11 heteroatoms. The van der Waals surface area contributed by atoms with Crippen molar-refractivity contribution in [3.63, 3.8) is 0 Å². The van der Waals surface area contributed by atoms with E-state index >= 15 is 0 Å². The summed E-state index contributed by atoms with van der Waals surface area (Å²) >= 11 is 6.10. The second-order valence-corrected chi connectivity index (χ2v) is 8.66. The van der Waals surface area contributed by atoms with E-state index in [1.807, 2.05) is 31.2 Å². The average Bonchev–Trinajstić information content (AvgIpc) is 2.96. The van der Waals surface area contributed by atoms with E-state index in [2.05, 4.69) is 4.98 Å². The molecule has 0 radical (unpaired) electrons. The van der Waals surface area contributed by atoms with Crippen LogP contribution in [0.5, 0.6) is 0 Å². The van der Waals surface area contributed by atoms with E-state index in [0.29, 0.717) is 44.7 Å². The Labute approximate surface area is 199 Å². The van der Waals surface area contributed by atoms with Crippen LogP contribution >= 0.6 is 11.6 Å². The van der Waals surface area contributed by atoms with Crippen LogP contribution < -0.4 is 10.6 Å². The van der Waals surface area contributed by atoms with Crippen LogP contribution in [0.2, 0.25) is 5.02 Å². The van der Waals surface area contributed by atoms with Crippen molar-refractivity contribution in [2.75, 3.05) is 31.1 Å². The number of rotatable bonds is 5. The highest BCUT2D eigenvalue weighted by Gasteiger charge is 2.32. The Hall–Kier alpha value is -3.01. The standard InChI is InChI=1S/C23H25ClF3N5O2/c1-2-8-31-18-6-3-4-7-19(18)32(22(31)34)15-20(33)29-9-5-10-30(12-11-29)21-17(24)13-16(14-28-21)23(25,26)27/h3-4,6-7,13-14H,2,5,8-12,15H2,1H3. The first kappa shape index (κ1) is 24.1. The molecule has 34 heavy (non-hydrogen) atoms. The summed E-state index contributed by atoms with van der Waals surface area (Å²) in [5.41, 5.74) is 0.396. The lowest BCUT2D eigenvalue weighted by Crippen LogP contribution is -2.39. The zero-order chi connectivity index (χ0) is 24.5. The molecule has 1 saturated heterocycles. The number of anilines is 1. The summed E-state index contributed by atoms with van der Waals surface area (Å²) < 4.78 is 41.9. The van der Waals surface area contributed by atoms with Gasteiger partial charge >= 0.3 is 11.9 Å². The number of alkyl halides is 3. The first-order valence-corrected chi connectivity index (χ1v) is 11.5. The second-order valence-electron chi connectivity index (χ2n) is 8.26. The van der Waals surface area contributed by atoms with Gasteiger partial charge in [-0.3, -0.25) is 13.9 Å². The van der Waals surface area contributed by atoms with Crippen LogP contribution in [0.15, 0.2) is 41.3 Å². The Morgan fingerprint density at radius 3 is 2.44 bits per heavy atom. The number of pyridine rings is 1. The third kappa shape index (κ3) is 4.77. The van der Waals surface area contributed by atoms with Gasteiger partial charge in [0.25, 0.3) is 0 Å². The minimum absolute atomic E-state index is 0.0741. The molecule has 182 valence electrons. The number of benzene rings is 1. The molecule has 1 aromatic carbocycles. The number of amides is 1. The summed E-state index contributed by atoms with van der Waals surface area (Å²) in [6.45, 7) is 4.17. The van der Waals surface area contributed by atoms with Crippen molar-refractivity contribution in [1.29, 1.82) is 0 Å². The molecule has 0 N–H and O–H groups in total. The van der Waals surface area contributed by atoms with Crippen molar-refractivity contribution in [1.82, 2.24) is 19.0 Å². The monoisotopic (exact) mass is 495 g/mol. The van der Waals surface area contributed by atoms with E-state index < -0.39 is 11.7 Å². The number of carbonyl (C=O) groups is 1. The van der Waals surface area contributed by atoms with E-state index in [9.17, 15) is 22.8 Å². The van der Waals surface area contributed by atoms with Crippen LogP contribution in [0.1, 0.15) is 25.3 Å². The minimum Gasteiger partial charge on any atom is -0.354 e. The number of hydrogen-bond acceptors (Lipinski definition) is 4. The zero-order valence-electron chi connectivity index (χ0n) is 18.7. The lowest BCUT2D eigenvalue weighted by molar-refractivity contribution is -0.137. The molecule has 3 heterocycles. The van der Waals surface area contributed by atoms with Crippen molar-refractivity contribution in [2.24, 2.45) is 0 Å². The van der Waals surface area contributed by atoms with Crippen molar-refractivity contribution in [3.05, 3.63) is 57.6 Å². The highest BCUT2D eigenvalue weighted by Crippen LogP contribution is 2.33. The molecule has 0 bridgehead atoms. The maximum atomic E-state index is 13.1. The molecule has 7 nitrogen and oxygen atoms in total. The number of para-hydroxylation sites is 2. The number of hydrogen-bond donors (Lipinski definition) is 0. The molecular weight excluding hydrogens is 471 g/mol. The highest BCUT2D eigenvalue weighted by molar-refractivity contribution is 6.33. The van der Waals surface area contributed by atoms with Crippen molar-refractivity contribution < 1.29 is 18.0 Å². The largest absolute Gasteiger partial charge is 0.417 e. The molecule has 0 saturated carbocycles. The summed E-state index contributed by atoms with van der Waals surface area (Å²) in [4.78, 5) is 33.5. The fourth-order valence-electron chi connectivity index (χ4n) is 4.30. The smallest absolute Gasteiger partial charge is 0.354 e. The van der Waals surface area contributed by atoms with Gasteiger partial charge in [0, 0.05) is 38.9 Å². The number of carbonyl (C=O) groups excluding carboxylic acids is 1. The van der Waals surface area contributed by atoms with Crippen molar-refractivity contribution in [3.8, 4) is 0 Å². The lowest BCUT2D eigenvalue weighted by Gasteiger charge is -2.24. The van der Waals surface area contributed by atoms with Crippen molar-refractivity contribution in [2.45, 2.75) is 39.0 Å². The number of fused-ring (bicyclic) bond motifs is 1. The van der Waals surface area contributed by atoms with Crippen LogP contribution in [0.4, 0.5) is 19.0 Å². The number of imidazole rings is 1. The quantitative estimate of drug-likeness (QED) is 0.536. The van der Waals surface area contributed by atoms with Gasteiger partial charge in [-0.15, -0.1) is 0 Å². The van der Waals surface area contributed by atoms with Gasteiger partial charge in [0.15, 0.2) is 0 Å². The fourth-order valence-corrected chi connectivity index (χ4v) is 4.58. The van der Waals surface area contributed by atoms with Gasteiger partial charge in [-0.1, -0.05) is 30.7 Å². The molecular formula is C23H25ClF3N5O2. The fraction of sp³-hybridized carbons (Fsp3) is 0.435. The Bertz CT molecular complexity index is 1250. The van der Waals surface area contributed by atoms with Crippen LogP contribution in [0, 0.1) is 0 Å². The van der Waals surface area contributed by atoms with Gasteiger partial charge in [0.2, 0.25) is 5.91 Å². The number of aryl methyl sites for hydroxylation is 1. The Balaban J connectivity index is 1.49. The van der Waals surface area contributed by atoms with E-state index in [0.717, 1.165) is 24.2 Å². The van der Waals surface area contributed by atoms with Gasteiger partial charge in [0.1, 0.15) is 12.4 Å². The minimum atomic E-state index is -4.52. The SMILES string of the molecule is CCCn1c(=O)n(CC(=O)N2CCCN(c3ncc(C(F)(F)F)cc3Cl)CC2)c2ccccc21. The van der Waals surface area contributed by atoms with E-state index in [1.165, 1.54) is 4.57 Å². The van der Waals surface area contributed by atoms with Crippen LogP contribution in [-0.2, 0) is 24.1 Å². The molecule has 0 aliphatic carbocycles. The highest BCUT2D eigenvalue weighted by atomic mass is 35.5.